The third-order valence-corrected chi connectivity index (χ3v) is 15.0. The number of halogens is 5. The molecule has 1 saturated heterocycles. The van der Waals surface area contributed by atoms with Crippen LogP contribution in [0.15, 0.2) is 11.6 Å². The lowest BCUT2D eigenvalue weighted by atomic mass is 9.43. The second kappa shape index (κ2) is 9.79. The van der Waals surface area contributed by atoms with Crippen molar-refractivity contribution in [3.8, 4) is 0 Å². The van der Waals surface area contributed by atoms with Gasteiger partial charge < -0.3 is 10.2 Å². The molecule has 0 aromatic rings. The lowest BCUT2D eigenvalue weighted by Gasteiger charge is -2.62. The highest BCUT2D eigenvalue weighted by molar-refractivity contribution is 8.21. The van der Waals surface area contributed by atoms with Crippen molar-refractivity contribution in [1.82, 2.24) is 0 Å². The van der Waals surface area contributed by atoms with E-state index in [1.54, 1.807) is 0 Å². The van der Waals surface area contributed by atoms with E-state index in [1.807, 2.05) is 30.4 Å². The number of hydrogen-bond acceptors (Lipinski definition) is 4. The van der Waals surface area contributed by atoms with E-state index in [0.29, 0.717) is 19.3 Å². The van der Waals surface area contributed by atoms with E-state index in [9.17, 15) is 32.2 Å². The summed E-state index contributed by atoms with van der Waals surface area (Å²) in [6, 6.07) is 0. The summed E-state index contributed by atoms with van der Waals surface area (Å²) in [4.78, 5) is 0. The van der Waals surface area contributed by atoms with Gasteiger partial charge in [-0.1, -0.05) is 38.8 Å². The highest BCUT2D eigenvalue weighted by Gasteiger charge is 2.79. The number of hydrogen-bond donors (Lipinski definition) is 2. The summed E-state index contributed by atoms with van der Waals surface area (Å²) in [5.41, 5.74) is -3.24. The summed E-state index contributed by atoms with van der Waals surface area (Å²) < 4.78 is 71.0. The summed E-state index contributed by atoms with van der Waals surface area (Å²) >= 11 is 4.04. The Balaban J connectivity index is 1.52. The minimum Gasteiger partial charge on any atom is -0.393 e. The van der Waals surface area contributed by atoms with Gasteiger partial charge in [-0.2, -0.15) is 22.0 Å². The zero-order chi connectivity index (χ0) is 27.8. The molecule has 4 fully saturated rings. The van der Waals surface area contributed by atoms with Crippen molar-refractivity contribution in [2.24, 2.45) is 34.5 Å². The molecule has 5 aliphatic rings. The highest BCUT2D eigenvalue weighted by atomic mass is 32.2. The molecule has 0 aromatic heterocycles. The average molecular weight is 583 g/mol. The van der Waals surface area contributed by atoms with Crippen molar-refractivity contribution >= 4 is 23.5 Å². The fourth-order valence-electron chi connectivity index (χ4n) is 9.47. The van der Waals surface area contributed by atoms with E-state index in [0.717, 1.165) is 43.6 Å². The van der Waals surface area contributed by atoms with Gasteiger partial charge in [-0.05, 0) is 93.3 Å². The monoisotopic (exact) mass is 582 g/mol. The van der Waals surface area contributed by atoms with Gasteiger partial charge in [-0.3, -0.25) is 0 Å². The molecule has 2 N–H and O–H groups in total. The summed E-state index contributed by atoms with van der Waals surface area (Å²) in [6.45, 7) is 5.85. The molecule has 8 atom stereocenters. The van der Waals surface area contributed by atoms with Gasteiger partial charge in [0.2, 0.25) is 0 Å². The van der Waals surface area contributed by atoms with E-state index in [-0.39, 0.29) is 40.1 Å². The quantitative estimate of drug-likeness (QED) is 0.245. The fraction of sp³-hybridized carbons (Fsp3) is 0.931. The molecule has 0 radical (unpaired) electrons. The van der Waals surface area contributed by atoms with E-state index in [1.165, 1.54) is 12.5 Å². The molecule has 1 aliphatic heterocycles. The lowest BCUT2D eigenvalue weighted by molar-refractivity contribution is -0.364. The molecular formula is C29H43F5O2S2. The number of rotatable bonds is 6. The molecule has 38 heavy (non-hydrogen) atoms. The van der Waals surface area contributed by atoms with Gasteiger partial charge in [-0.15, -0.1) is 23.5 Å². The number of aliphatic hydroxyl groups is 2. The van der Waals surface area contributed by atoms with Gasteiger partial charge in [0.15, 0.2) is 0 Å². The standard InChI is InChI=1S/C29H43F5O2S2/c1-4-5-20(35)7-6-18-16-19-17-26(37-14-15-38-26)13-12-24(19,2)21-8-10-25(3)22(23(18)21)9-11-27(25,36)28(30,31)29(32,33)34/h17-18,20-23,35-36H,4-16H2,1-3H3/t18-,20?,21+,22+,23-,24+,25+,27+/m1/s1. The number of aliphatic hydroxyl groups excluding tert-OH is 1. The topological polar surface area (TPSA) is 40.5 Å². The van der Waals surface area contributed by atoms with Crippen molar-refractivity contribution in [2.75, 3.05) is 11.5 Å². The van der Waals surface area contributed by atoms with E-state index < -0.39 is 41.6 Å². The van der Waals surface area contributed by atoms with Crippen molar-refractivity contribution < 1.29 is 32.2 Å². The van der Waals surface area contributed by atoms with Crippen molar-refractivity contribution in [3.63, 3.8) is 0 Å². The first-order valence-corrected chi connectivity index (χ1v) is 16.5. The smallest absolute Gasteiger partial charge is 0.393 e. The molecule has 1 spiro atoms. The summed E-state index contributed by atoms with van der Waals surface area (Å²) in [7, 11) is 0. The number of thioether (sulfide) groups is 2. The highest BCUT2D eigenvalue weighted by Crippen LogP contribution is 2.73. The third kappa shape index (κ3) is 4.24. The first kappa shape index (κ1) is 29.5. The molecule has 5 rings (SSSR count). The Morgan fingerprint density at radius 1 is 0.974 bits per heavy atom. The van der Waals surface area contributed by atoms with Crippen LogP contribution < -0.4 is 0 Å². The summed E-state index contributed by atoms with van der Waals surface area (Å²) in [6.07, 6.45) is 2.52. The van der Waals surface area contributed by atoms with Gasteiger partial charge in [0.1, 0.15) is 5.60 Å². The summed E-state index contributed by atoms with van der Waals surface area (Å²) in [5, 5.41) is 21.8. The molecule has 1 unspecified atom stereocenters. The molecule has 218 valence electrons. The van der Waals surface area contributed by atoms with E-state index in [2.05, 4.69) is 13.0 Å². The maximum absolute atomic E-state index is 15.0. The Labute approximate surface area is 232 Å². The minimum absolute atomic E-state index is 0.0271. The average Bonchev–Trinajstić information content (AvgIpc) is 3.41. The van der Waals surface area contributed by atoms with Crippen LogP contribution in [0.4, 0.5) is 22.0 Å². The van der Waals surface area contributed by atoms with Crippen LogP contribution in [-0.4, -0.2) is 49.6 Å². The minimum atomic E-state index is -5.79. The molecular weight excluding hydrogens is 539 g/mol. The Morgan fingerprint density at radius 3 is 2.26 bits per heavy atom. The SMILES string of the molecule is CCCC(O)CC[C@@H]1CC2=CC3(CC[C@]2(C)[C@H]2CC[C@@]4(C)[C@@H](CC[C@@]4(O)C(F)(F)C(F)(F)F)[C@H]12)SCCS3. The zero-order valence-electron chi connectivity index (χ0n) is 22.8. The third-order valence-electron chi connectivity index (χ3n) is 11.6. The first-order valence-electron chi connectivity index (χ1n) is 14.5. The molecule has 0 bridgehead atoms. The lowest BCUT2D eigenvalue weighted by Crippen LogP contribution is -2.66. The molecule has 4 aliphatic carbocycles. The maximum Gasteiger partial charge on any atom is 0.456 e. The van der Waals surface area contributed by atoms with Crippen molar-refractivity contribution in [3.05, 3.63) is 11.6 Å². The molecule has 1 heterocycles. The van der Waals surface area contributed by atoms with Crippen LogP contribution in [0.25, 0.3) is 0 Å². The molecule has 0 amide bonds. The van der Waals surface area contributed by atoms with E-state index in [4.69, 9.17) is 0 Å². The van der Waals surface area contributed by atoms with Crippen LogP contribution in [0.2, 0.25) is 0 Å². The predicted octanol–water partition coefficient (Wildman–Crippen LogP) is 8.22. The van der Waals surface area contributed by atoms with Crippen LogP contribution in [0, 0.1) is 34.5 Å². The van der Waals surface area contributed by atoms with Gasteiger partial charge in [0.25, 0.3) is 0 Å². The fourth-order valence-corrected chi connectivity index (χ4v) is 12.6. The number of allylic oxidation sites excluding steroid dienone is 1. The Hall–Kier alpha value is 0.01000. The van der Waals surface area contributed by atoms with Gasteiger partial charge in [-0.25, -0.2) is 0 Å². The van der Waals surface area contributed by atoms with Crippen LogP contribution in [0.3, 0.4) is 0 Å². The second-order valence-corrected chi connectivity index (χ2v) is 16.4. The molecule has 0 aromatic carbocycles. The first-order chi connectivity index (χ1) is 17.6. The van der Waals surface area contributed by atoms with Gasteiger partial charge >= 0.3 is 12.1 Å². The normalized spacial score (nSPS) is 43.4. The van der Waals surface area contributed by atoms with Gasteiger partial charge in [0.05, 0.1) is 10.2 Å². The van der Waals surface area contributed by atoms with Gasteiger partial charge in [0, 0.05) is 16.9 Å². The Kier molecular flexibility index (Phi) is 7.60. The molecule has 3 saturated carbocycles. The number of alkyl halides is 5. The Morgan fingerprint density at radius 2 is 1.63 bits per heavy atom. The maximum atomic E-state index is 15.0. The van der Waals surface area contributed by atoms with Crippen LogP contribution >= 0.6 is 23.5 Å². The van der Waals surface area contributed by atoms with Crippen molar-refractivity contribution in [1.29, 1.82) is 0 Å². The van der Waals surface area contributed by atoms with Crippen molar-refractivity contribution in [2.45, 2.75) is 119 Å². The molecule has 2 nitrogen and oxygen atoms in total. The summed E-state index contributed by atoms with van der Waals surface area (Å²) in [5.74, 6) is -2.99. The molecule has 9 heteroatoms. The van der Waals surface area contributed by atoms with Crippen LogP contribution in [0.1, 0.15) is 91.4 Å². The zero-order valence-corrected chi connectivity index (χ0v) is 24.4. The van der Waals surface area contributed by atoms with Crippen LogP contribution in [-0.2, 0) is 0 Å². The second-order valence-electron chi connectivity index (χ2n) is 13.3. The van der Waals surface area contributed by atoms with E-state index >= 15 is 0 Å². The Bertz CT molecular complexity index is 934. The largest absolute Gasteiger partial charge is 0.456 e. The number of fused-ring (bicyclic) bond motifs is 5. The predicted molar refractivity (Wildman–Crippen MR) is 144 cm³/mol. The van der Waals surface area contributed by atoms with Crippen LogP contribution in [0.5, 0.6) is 0 Å².